The van der Waals surface area contributed by atoms with E-state index in [0.717, 1.165) is 24.4 Å². The van der Waals surface area contributed by atoms with Crippen LogP contribution in [-0.4, -0.2) is 26.0 Å². The zero-order valence-corrected chi connectivity index (χ0v) is 15.4. The third-order valence-corrected chi connectivity index (χ3v) is 5.30. The average molecular weight is 365 g/mol. The topological polar surface area (TPSA) is 63.0 Å². The highest BCUT2D eigenvalue weighted by molar-refractivity contribution is 6.14. The number of likely N-dealkylation sites (tertiary alicyclic amines) is 1. The van der Waals surface area contributed by atoms with Crippen LogP contribution >= 0.6 is 0 Å². The number of ketones is 1. The largest absolute Gasteiger partial charge is 0.872 e. The van der Waals surface area contributed by atoms with E-state index < -0.39 is 0 Å². The van der Waals surface area contributed by atoms with E-state index in [1.807, 2.05) is 24.3 Å². The van der Waals surface area contributed by atoms with Crippen LogP contribution in [0.5, 0.6) is 17.2 Å². The maximum atomic E-state index is 12.8. The Bertz CT molecular complexity index is 880. The molecule has 1 saturated heterocycles. The van der Waals surface area contributed by atoms with Crippen molar-refractivity contribution in [2.75, 3.05) is 20.2 Å². The summed E-state index contributed by atoms with van der Waals surface area (Å²) in [5.74, 6) is 1.24. The predicted octanol–water partition coefficient (Wildman–Crippen LogP) is 1.95. The lowest BCUT2D eigenvalue weighted by atomic mass is 10.0. The summed E-state index contributed by atoms with van der Waals surface area (Å²) in [5.41, 5.74) is 1.95. The maximum absolute atomic E-state index is 12.8. The quantitative estimate of drug-likeness (QED) is 0.842. The molecule has 140 valence electrons. The highest BCUT2D eigenvalue weighted by Gasteiger charge is 2.31. The SMILES string of the molecule is COc1ccc(/C=C2\Oc3c(ccc([O-])c3C[NH+]3CCCCC3)C2=O)cc1. The fraction of sp³-hybridized carbons (Fsp3) is 0.318. The van der Waals surface area contributed by atoms with Crippen molar-refractivity contribution >= 4 is 11.9 Å². The summed E-state index contributed by atoms with van der Waals surface area (Å²) in [6.07, 6.45) is 5.33. The minimum atomic E-state index is -0.171. The molecule has 0 aromatic heterocycles. The van der Waals surface area contributed by atoms with Crippen LogP contribution in [0, 0.1) is 0 Å². The molecule has 1 fully saturated rings. The lowest BCUT2D eigenvalue weighted by Crippen LogP contribution is -3.11. The van der Waals surface area contributed by atoms with Crippen LogP contribution in [0.3, 0.4) is 0 Å². The van der Waals surface area contributed by atoms with E-state index in [0.29, 0.717) is 23.4 Å². The van der Waals surface area contributed by atoms with Crippen LogP contribution < -0.4 is 19.5 Å². The highest BCUT2D eigenvalue weighted by Crippen LogP contribution is 2.38. The molecule has 0 unspecified atom stereocenters. The molecule has 1 N–H and O–H groups in total. The standard InChI is InChI=1S/C22H23NO4/c1-26-16-7-5-15(6-8-16)13-20-21(25)17-9-10-19(24)18(22(17)27-20)14-23-11-3-2-4-12-23/h5-10,13,24H,2-4,11-12,14H2,1H3/b20-13-. The Labute approximate surface area is 158 Å². The molecule has 0 aliphatic carbocycles. The fourth-order valence-corrected chi connectivity index (χ4v) is 3.79. The number of piperidine rings is 1. The van der Waals surface area contributed by atoms with Gasteiger partial charge in [0.15, 0.2) is 5.76 Å². The van der Waals surface area contributed by atoms with Crippen LogP contribution in [-0.2, 0) is 6.54 Å². The number of hydrogen-bond acceptors (Lipinski definition) is 4. The molecule has 0 radical (unpaired) electrons. The van der Waals surface area contributed by atoms with Gasteiger partial charge in [-0.05, 0) is 49.1 Å². The molecule has 27 heavy (non-hydrogen) atoms. The Morgan fingerprint density at radius 1 is 1.11 bits per heavy atom. The third-order valence-electron chi connectivity index (χ3n) is 5.30. The number of carbonyl (C=O) groups excluding carboxylic acids is 1. The van der Waals surface area contributed by atoms with E-state index in [4.69, 9.17) is 9.47 Å². The Balaban J connectivity index is 1.62. The Morgan fingerprint density at radius 3 is 2.56 bits per heavy atom. The van der Waals surface area contributed by atoms with Crippen molar-refractivity contribution < 1.29 is 24.3 Å². The van der Waals surface area contributed by atoms with Crippen molar-refractivity contribution in [1.82, 2.24) is 0 Å². The van der Waals surface area contributed by atoms with Gasteiger partial charge in [0.05, 0.1) is 25.8 Å². The van der Waals surface area contributed by atoms with E-state index in [2.05, 4.69) is 0 Å². The second-order valence-electron chi connectivity index (χ2n) is 7.12. The van der Waals surface area contributed by atoms with Gasteiger partial charge in [0, 0.05) is 5.56 Å². The highest BCUT2D eigenvalue weighted by atomic mass is 16.5. The van der Waals surface area contributed by atoms with Crippen molar-refractivity contribution in [3.63, 3.8) is 0 Å². The van der Waals surface area contributed by atoms with Gasteiger partial charge in [0.25, 0.3) is 0 Å². The summed E-state index contributed by atoms with van der Waals surface area (Å²) >= 11 is 0. The van der Waals surface area contributed by atoms with Gasteiger partial charge in [0.2, 0.25) is 5.78 Å². The molecule has 0 atom stereocenters. The van der Waals surface area contributed by atoms with Gasteiger partial charge in [-0.1, -0.05) is 23.9 Å². The first-order valence-electron chi connectivity index (χ1n) is 9.40. The van der Waals surface area contributed by atoms with Crippen molar-refractivity contribution in [3.8, 4) is 17.2 Å². The zero-order chi connectivity index (χ0) is 18.8. The number of methoxy groups -OCH3 is 1. The molecule has 2 heterocycles. The van der Waals surface area contributed by atoms with Gasteiger partial charge in [-0.15, -0.1) is 0 Å². The molecule has 2 aromatic rings. The molecule has 5 heteroatoms. The predicted molar refractivity (Wildman–Crippen MR) is 100 cm³/mol. The monoisotopic (exact) mass is 365 g/mol. The molecule has 2 aliphatic heterocycles. The first-order chi connectivity index (χ1) is 13.2. The van der Waals surface area contributed by atoms with Gasteiger partial charge in [-0.25, -0.2) is 0 Å². The van der Waals surface area contributed by atoms with Crippen molar-refractivity contribution in [2.45, 2.75) is 25.8 Å². The summed E-state index contributed by atoms with van der Waals surface area (Å²) in [5, 5.41) is 12.5. The summed E-state index contributed by atoms with van der Waals surface area (Å²) < 4.78 is 11.1. The number of rotatable bonds is 4. The van der Waals surface area contributed by atoms with Crippen molar-refractivity contribution in [2.24, 2.45) is 0 Å². The summed E-state index contributed by atoms with van der Waals surface area (Å²) in [7, 11) is 1.61. The lowest BCUT2D eigenvalue weighted by Gasteiger charge is -2.26. The maximum Gasteiger partial charge on any atom is 0.231 e. The number of fused-ring (bicyclic) bond motifs is 1. The van der Waals surface area contributed by atoms with Crippen molar-refractivity contribution in [1.29, 1.82) is 0 Å². The van der Waals surface area contributed by atoms with E-state index in [9.17, 15) is 9.90 Å². The number of ether oxygens (including phenoxy) is 2. The van der Waals surface area contributed by atoms with Crippen LogP contribution in [0.15, 0.2) is 42.2 Å². The van der Waals surface area contributed by atoms with Crippen LogP contribution in [0.1, 0.15) is 40.7 Å². The fourth-order valence-electron chi connectivity index (χ4n) is 3.79. The third kappa shape index (κ3) is 3.55. The van der Waals surface area contributed by atoms with Crippen molar-refractivity contribution in [3.05, 3.63) is 58.8 Å². The number of carbonyl (C=O) groups is 1. The van der Waals surface area contributed by atoms with Crippen LogP contribution in [0.25, 0.3) is 6.08 Å². The molecule has 0 spiro atoms. The molecule has 0 saturated carbocycles. The Kier molecular flexibility index (Phi) is 4.86. The molecule has 0 amide bonds. The second kappa shape index (κ2) is 7.45. The second-order valence-corrected chi connectivity index (χ2v) is 7.12. The van der Waals surface area contributed by atoms with Gasteiger partial charge < -0.3 is 19.5 Å². The summed E-state index contributed by atoms with van der Waals surface area (Å²) in [4.78, 5) is 14.1. The molecule has 5 nitrogen and oxygen atoms in total. The number of nitrogens with one attached hydrogen (secondary N) is 1. The molecule has 4 rings (SSSR count). The first kappa shape index (κ1) is 17.6. The lowest BCUT2D eigenvalue weighted by molar-refractivity contribution is -0.918. The molecular weight excluding hydrogens is 342 g/mol. The van der Waals surface area contributed by atoms with Crippen LogP contribution in [0.4, 0.5) is 0 Å². The van der Waals surface area contributed by atoms with E-state index in [-0.39, 0.29) is 17.3 Å². The van der Waals surface area contributed by atoms with Crippen LogP contribution in [0.2, 0.25) is 0 Å². The van der Waals surface area contributed by atoms with Gasteiger partial charge in [0.1, 0.15) is 18.0 Å². The number of Topliss-reactive ketones (excluding diaryl/α,β-unsaturated/α-hetero) is 1. The molecule has 2 aromatic carbocycles. The molecule has 2 aliphatic rings. The number of hydrogen-bond donors (Lipinski definition) is 1. The molecule has 0 bridgehead atoms. The van der Waals surface area contributed by atoms with E-state index in [1.165, 1.54) is 30.2 Å². The smallest absolute Gasteiger partial charge is 0.231 e. The number of quaternary nitrogens is 1. The van der Waals surface area contributed by atoms with E-state index in [1.54, 1.807) is 19.3 Å². The zero-order valence-electron chi connectivity index (χ0n) is 15.4. The Hall–Kier alpha value is -2.79. The minimum absolute atomic E-state index is 0.0506. The minimum Gasteiger partial charge on any atom is -0.872 e. The van der Waals surface area contributed by atoms with Gasteiger partial charge in [-0.3, -0.25) is 4.79 Å². The average Bonchev–Trinajstić information content (AvgIpc) is 3.01. The first-order valence-corrected chi connectivity index (χ1v) is 9.40. The normalized spacial score (nSPS) is 18.4. The number of allylic oxidation sites excluding steroid dienone is 1. The summed E-state index contributed by atoms with van der Waals surface area (Å²) in [6, 6.07) is 10.5. The summed E-state index contributed by atoms with van der Waals surface area (Å²) in [6.45, 7) is 2.74. The number of benzene rings is 2. The van der Waals surface area contributed by atoms with Gasteiger partial charge in [-0.2, -0.15) is 0 Å². The van der Waals surface area contributed by atoms with E-state index >= 15 is 0 Å². The Morgan fingerprint density at radius 2 is 1.85 bits per heavy atom. The molecular formula is C22H23NO4. The van der Waals surface area contributed by atoms with Gasteiger partial charge >= 0.3 is 0 Å².